The van der Waals surface area contributed by atoms with Gasteiger partial charge < -0.3 is 19.7 Å². The first-order valence-corrected chi connectivity index (χ1v) is 12.3. The van der Waals surface area contributed by atoms with Crippen LogP contribution in [0.2, 0.25) is 0 Å². The molecule has 0 aromatic heterocycles. The van der Waals surface area contributed by atoms with E-state index in [1.54, 1.807) is 0 Å². The van der Waals surface area contributed by atoms with Crippen LogP contribution >= 0.6 is 0 Å². The van der Waals surface area contributed by atoms with Crippen LogP contribution in [0.4, 0.5) is 0 Å². The van der Waals surface area contributed by atoms with Crippen LogP contribution in [-0.2, 0) is 16.0 Å². The molecular formula is C25H40N4O2. The minimum absolute atomic E-state index is 0.386. The summed E-state index contributed by atoms with van der Waals surface area (Å²) >= 11 is 0. The maximum absolute atomic E-state index is 6.00. The van der Waals surface area contributed by atoms with Gasteiger partial charge in [-0.1, -0.05) is 30.3 Å². The largest absolute Gasteiger partial charge is 0.381 e. The number of guanidine groups is 1. The first-order chi connectivity index (χ1) is 15.3. The molecule has 3 aliphatic heterocycles. The van der Waals surface area contributed by atoms with Gasteiger partial charge in [-0.05, 0) is 56.6 Å². The highest BCUT2D eigenvalue weighted by molar-refractivity contribution is 5.80. The van der Waals surface area contributed by atoms with Crippen molar-refractivity contribution in [2.24, 2.45) is 10.9 Å². The maximum atomic E-state index is 6.00. The van der Waals surface area contributed by atoms with E-state index in [2.05, 4.69) is 50.4 Å². The number of ether oxygens (including phenoxy) is 2. The van der Waals surface area contributed by atoms with E-state index in [0.717, 1.165) is 77.1 Å². The number of benzene rings is 1. The molecule has 0 aliphatic carbocycles. The number of nitrogens with one attached hydrogen (secondary N) is 1. The molecule has 1 N–H and O–H groups in total. The fourth-order valence-electron chi connectivity index (χ4n) is 5.41. The Bertz CT molecular complexity index is 677. The Morgan fingerprint density at radius 3 is 2.77 bits per heavy atom. The Morgan fingerprint density at radius 1 is 1.13 bits per heavy atom. The standard InChI is InChI=1S/C25H40N4O2/c1-26-25(27-13-6-16-31-23-11-17-30-18-12-23)29-15-10-24-22(20-29)9-5-14-28(24)19-21-7-3-2-4-8-21/h2-4,7-8,22-24H,5-6,9-20H2,1H3,(H,26,27). The number of hydrogen-bond donors (Lipinski definition) is 1. The third kappa shape index (κ3) is 6.43. The van der Waals surface area contributed by atoms with E-state index in [-0.39, 0.29) is 0 Å². The molecule has 0 saturated carbocycles. The number of hydrogen-bond acceptors (Lipinski definition) is 4. The van der Waals surface area contributed by atoms with Crippen LogP contribution < -0.4 is 5.32 Å². The molecule has 0 radical (unpaired) electrons. The maximum Gasteiger partial charge on any atom is 0.193 e. The second kappa shape index (κ2) is 11.8. The molecule has 2 atom stereocenters. The van der Waals surface area contributed by atoms with Crippen molar-refractivity contribution in [2.45, 2.75) is 57.2 Å². The minimum Gasteiger partial charge on any atom is -0.381 e. The van der Waals surface area contributed by atoms with Crippen molar-refractivity contribution in [1.29, 1.82) is 0 Å². The second-order valence-corrected chi connectivity index (χ2v) is 9.17. The normalized spacial score (nSPS) is 26.0. The zero-order valence-electron chi connectivity index (χ0n) is 19.2. The molecule has 31 heavy (non-hydrogen) atoms. The van der Waals surface area contributed by atoms with Crippen LogP contribution in [0.5, 0.6) is 0 Å². The molecule has 2 unspecified atom stereocenters. The SMILES string of the molecule is CN=C(NCCCOC1CCOCC1)N1CCC2C(CCCN2Cc2ccccc2)C1. The lowest BCUT2D eigenvalue weighted by molar-refractivity contribution is -0.0320. The van der Waals surface area contributed by atoms with Gasteiger partial charge in [-0.2, -0.15) is 0 Å². The molecule has 6 heteroatoms. The molecule has 1 aromatic carbocycles. The molecule has 1 aromatic rings. The monoisotopic (exact) mass is 428 g/mol. The Balaban J connectivity index is 1.20. The first kappa shape index (κ1) is 22.6. The van der Waals surface area contributed by atoms with E-state index in [1.807, 2.05) is 7.05 Å². The van der Waals surface area contributed by atoms with Crippen LogP contribution in [0.15, 0.2) is 35.3 Å². The molecule has 6 nitrogen and oxygen atoms in total. The number of rotatable bonds is 7. The third-order valence-electron chi connectivity index (χ3n) is 7.05. The fourth-order valence-corrected chi connectivity index (χ4v) is 5.41. The van der Waals surface area contributed by atoms with Gasteiger partial charge in [0.05, 0.1) is 6.10 Å². The lowest BCUT2D eigenvalue weighted by Gasteiger charge is -2.48. The molecule has 0 amide bonds. The topological polar surface area (TPSA) is 49.3 Å². The molecule has 3 aliphatic rings. The summed E-state index contributed by atoms with van der Waals surface area (Å²) in [5, 5.41) is 3.58. The molecule has 0 spiro atoms. The van der Waals surface area contributed by atoms with Crippen LogP contribution in [0.1, 0.15) is 44.1 Å². The van der Waals surface area contributed by atoms with Gasteiger partial charge in [-0.25, -0.2) is 0 Å². The van der Waals surface area contributed by atoms with Gasteiger partial charge in [0, 0.05) is 59.1 Å². The molecular weight excluding hydrogens is 388 g/mol. The smallest absolute Gasteiger partial charge is 0.193 e. The third-order valence-corrected chi connectivity index (χ3v) is 7.05. The van der Waals surface area contributed by atoms with E-state index < -0.39 is 0 Å². The number of nitrogens with zero attached hydrogens (tertiary/aromatic N) is 3. The van der Waals surface area contributed by atoms with Crippen molar-refractivity contribution in [3.05, 3.63) is 35.9 Å². The summed E-state index contributed by atoms with van der Waals surface area (Å²) in [7, 11) is 1.91. The predicted octanol–water partition coefficient (Wildman–Crippen LogP) is 3.13. The molecule has 3 saturated heterocycles. The number of fused-ring (bicyclic) bond motifs is 1. The van der Waals surface area contributed by atoms with Crippen LogP contribution in [-0.4, -0.2) is 81.0 Å². The molecule has 4 rings (SSSR count). The lowest BCUT2D eigenvalue weighted by atomic mass is 9.83. The van der Waals surface area contributed by atoms with E-state index >= 15 is 0 Å². The van der Waals surface area contributed by atoms with Gasteiger partial charge in [-0.3, -0.25) is 9.89 Å². The molecule has 0 bridgehead atoms. The van der Waals surface area contributed by atoms with Crippen molar-refractivity contribution >= 4 is 5.96 Å². The van der Waals surface area contributed by atoms with Crippen molar-refractivity contribution < 1.29 is 9.47 Å². The van der Waals surface area contributed by atoms with Gasteiger partial charge in [0.25, 0.3) is 0 Å². The van der Waals surface area contributed by atoms with Crippen molar-refractivity contribution in [3.8, 4) is 0 Å². The summed E-state index contributed by atoms with van der Waals surface area (Å²) in [6, 6.07) is 11.6. The quantitative estimate of drug-likeness (QED) is 0.411. The highest BCUT2D eigenvalue weighted by Crippen LogP contribution is 2.31. The summed E-state index contributed by atoms with van der Waals surface area (Å²) in [4.78, 5) is 9.79. The molecule has 3 fully saturated rings. The Morgan fingerprint density at radius 2 is 1.97 bits per heavy atom. The molecule has 3 heterocycles. The summed E-state index contributed by atoms with van der Waals surface area (Å²) in [5.74, 6) is 1.80. The van der Waals surface area contributed by atoms with E-state index in [0.29, 0.717) is 12.1 Å². The van der Waals surface area contributed by atoms with Crippen LogP contribution in [0.3, 0.4) is 0 Å². The summed E-state index contributed by atoms with van der Waals surface area (Å²) in [6.07, 6.45) is 7.34. The Labute approximate surface area is 188 Å². The van der Waals surface area contributed by atoms with Crippen molar-refractivity contribution in [3.63, 3.8) is 0 Å². The van der Waals surface area contributed by atoms with E-state index in [4.69, 9.17) is 9.47 Å². The van der Waals surface area contributed by atoms with Gasteiger partial charge in [0.2, 0.25) is 0 Å². The summed E-state index contributed by atoms with van der Waals surface area (Å²) in [6.45, 7) is 7.94. The van der Waals surface area contributed by atoms with Crippen LogP contribution in [0, 0.1) is 5.92 Å². The fraction of sp³-hybridized carbons (Fsp3) is 0.720. The second-order valence-electron chi connectivity index (χ2n) is 9.17. The lowest BCUT2D eigenvalue weighted by Crippen LogP contribution is -2.56. The number of aliphatic imine (C=N–C) groups is 1. The molecule has 172 valence electrons. The summed E-state index contributed by atoms with van der Waals surface area (Å²) in [5.41, 5.74) is 1.44. The van der Waals surface area contributed by atoms with Crippen LogP contribution in [0.25, 0.3) is 0 Å². The van der Waals surface area contributed by atoms with Gasteiger partial charge in [0.15, 0.2) is 5.96 Å². The summed E-state index contributed by atoms with van der Waals surface area (Å²) < 4.78 is 11.4. The Kier molecular flexibility index (Phi) is 8.62. The number of piperidine rings is 2. The zero-order valence-corrected chi connectivity index (χ0v) is 19.2. The van der Waals surface area contributed by atoms with Gasteiger partial charge in [0.1, 0.15) is 0 Å². The van der Waals surface area contributed by atoms with E-state index in [9.17, 15) is 0 Å². The minimum atomic E-state index is 0.386. The highest BCUT2D eigenvalue weighted by Gasteiger charge is 2.36. The van der Waals surface area contributed by atoms with Crippen molar-refractivity contribution in [2.75, 3.05) is 53.0 Å². The average Bonchev–Trinajstić information content (AvgIpc) is 2.83. The number of likely N-dealkylation sites (tertiary alicyclic amines) is 2. The van der Waals surface area contributed by atoms with Crippen molar-refractivity contribution in [1.82, 2.24) is 15.1 Å². The Hall–Kier alpha value is -1.63. The van der Waals surface area contributed by atoms with E-state index in [1.165, 1.54) is 31.4 Å². The van der Waals surface area contributed by atoms with Gasteiger partial charge >= 0.3 is 0 Å². The average molecular weight is 429 g/mol. The predicted molar refractivity (Wildman–Crippen MR) is 125 cm³/mol. The van der Waals surface area contributed by atoms with Gasteiger partial charge in [-0.15, -0.1) is 0 Å². The highest BCUT2D eigenvalue weighted by atomic mass is 16.5. The zero-order chi connectivity index (χ0) is 21.3. The first-order valence-electron chi connectivity index (χ1n) is 12.3.